The Balaban J connectivity index is 3.29. The maximum absolute atomic E-state index is 12.3. The molecule has 0 radical (unpaired) electrons. The topological polar surface area (TPSA) is 20.2 Å². The van der Waals surface area contributed by atoms with E-state index in [2.05, 4.69) is 0 Å². The molecule has 0 aromatic heterocycles. The molecule has 0 amide bonds. The van der Waals surface area contributed by atoms with Crippen LogP contribution in [0.4, 0.5) is 13.2 Å². The second-order valence-electron chi connectivity index (χ2n) is 2.42. The second-order valence-corrected chi connectivity index (χ2v) is 3.58. The Morgan fingerprint density at radius 2 is 1.92 bits per heavy atom. The summed E-state index contributed by atoms with van der Waals surface area (Å²) in [6.45, 7) is -0.589. The molecule has 0 spiro atoms. The number of aliphatic hydroxyl groups excluding tert-OH is 1. The lowest BCUT2D eigenvalue weighted by Crippen LogP contribution is -2.10. The van der Waals surface area contributed by atoms with E-state index in [-0.39, 0.29) is 5.56 Å². The Morgan fingerprint density at radius 1 is 1.31 bits per heavy atom. The summed E-state index contributed by atoms with van der Waals surface area (Å²) in [4.78, 5) is 0. The van der Waals surface area contributed by atoms with Crippen molar-refractivity contribution in [2.24, 2.45) is 0 Å². The fourth-order valence-corrected chi connectivity index (χ4v) is 1.65. The molecule has 5 heteroatoms. The van der Waals surface area contributed by atoms with Gasteiger partial charge in [-0.3, -0.25) is 0 Å². The van der Waals surface area contributed by atoms with Gasteiger partial charge in [0.2, 0.25) is 0 Å². The zero-order valence-corrected chi connectivity index (χ0v) is 8.56. The molecule has 0 bridgehead atoms. The fourth-order valence-electron chi connectivity index (χ4n) is 0.985. The van der Waals surface area contributed by atoms with Crippen LogP contribution in [0.1, 0.15) is 11.1 Å². The summed E-state index contributed by atoms with van der Waals surface area (Å²) in [5.41, 5.74) is -0.822. The van der Waals surface area contributed by atoms with Crippen LogP contribution in [-0.2, 0) is 12.8 Å². The molecule has 0 aliphatic heterocycles. The summed E-state index contributed by atoms with van der Waals surface area (Å²) in [7, 11) is 0. The molecule has 1 rings (SSSR count). The third-order valence-electron chi connectivity index (χ3n) is 1.58. The Kier molecular flexibility index (Phi) is 3.18. The molecule has 0 unspecified atom stereocenters. The first-order valence-electron chi connectivity index (χ1n) is 3.42. The van der Waals surface area contributed by atoms with Crippen molar-refractivity contribution in [3.8, 4) is 0 Å². The summed E-state index contributed by atoms with van der Waals surface area (Å²) < 4.78 is 37.3. The smallest absolute Gasteiger partial charge is 0.392 e. The molecule has 1 aromatic rings. The predicted molar refractivity (Wildman–Crippen MR) is 50.1 cm³/mol. The van der Waals surface area contributed by atoms with Crippen molar-refractivity contribution >= 4 is 22.6 Å². The zero-order valence-electron chi connectivity index (χ0n) is 6.40. The molecular weight excluding hydrogens is 296 g/mol. The van der Waals surface area contributed by atoms with Gasteiger partial charge in [0.15, 0.2) is 0 Å². The Hall–Kier alpha value is -0.300. The molecule has 1 nitrogen and oxygen atoms in total. The number of rotatable bonds is 1. The van der Waals surface area contributed by atoms with E-state index in [4.69, 9.17) is 5.11 Å². The molecule has 13 heavy (non-hydrogen) atoms. The number of hydrogen-bond acceptors (Lipinski definition) is 1. The highest BCUT2D eigenvalue weighted by molar-refractivity contribution is 14.1. The Bertz CT molecular complexity index is 309. The normalized spacial score (nSPS) is 11.8. The van der Waals surface area contributed by atoms with Crippen molar-refractivity contribution in [1.29, 1.82) is 0 Å². The molecular formula is C8H6F3IO. The van der Waals surface area contributed by atoms with E-state index in [1.54, 1.807) is 22.6 Å². The monoisotopic (exact) mass is 302 g/mol. The highest BCUT2D eigenvalue weighted by atomic mass is 127. The number of alkyl halides is 3. The molecule has 0 fully saturated rings. The minimum atomic E-state index is -4.39. The molecule has 0 aliphatic rings. The van der Waals surface area contributed by atoms with Gasteiger partial charge in [-0.05, 0) is 34.7 Å². The molecule has 0 heterocycles. The van der Waals surface area contributed by atoms with Gasteiger partial charge in [-0.1, -0.05) is 6.07 Å². The maximum Gasteiger partial charge on any atom is 0.416 e. The quantitative estimate of drug-likeness (QED) is 0.791. The third-order valence-corrected chi connectivity index (χ3v) is 2.59. The van der Waals surface area contributed by atoms with Crippen LogP contribution < -0.4 is 0 Å². The minimum absolute atomic E-state index is 0.0596. The first kappa shape index (κ1) is 10.8. The van der Waals surface area contributed by atoms with E-state index in [1.165, 1.54) is 12.1 Å². The van der Waals surface area contributed by atoms with E-state index in [9.17, 15) is 13.2 Å². The molecule has 0 aliphatic carbocycles. The van der Waals surface area contributed by atoms with Gasteiger partial charge < -0.3 is 5.11 Å². The summed E-state index contributed by atoms with van der Waals surface area (Å²) in [5.74, 6) is 0. The number of benzene rings is 1. The van der Waals surface area contributed by atoms with E-state index >= 15 is 0 Å². The van der Waals surface area contributed by atoms with Crippen molar-refractivity contribution in [2.75, 3.05) is 0 Å². The summed E-state index contributed by atoms with van der Waals surface area (Å²) in [5, 5.41) is 8.76. The van der Waals surface area contributed by atoms with Gasteiger partial charge in [0.1, 0.15) is 0 Å². The first-order chi connectivity index (χ1) is 5.96. The van der Waals surface area contributed by atoms with E-state index in [0.29, 0.717) is 3.57 Å². The minimum Gasteiger partial charge on any atom is -0.392 e. The standard InChI is InChI=1S/C8H6F3IO/c9-8(10,11)6-2-1-3-7(12)5(6)4-13/h1-3,13H,4H2. The highest BCUT2D eigenvalue weighted by Gasteiger charge is 2.33. The average molecular weight is 302 g/mol. The Labute approximate surface area is 86.7 Å². The number of halogens is 4. The second kappa shape index (κ2) is 3.83. The van der Waals surface area contributed by atoms with Crippen molar-refractivity contribution in [3.63, 3.8) is 0 Å². The van der Waals surface area contributed by atoms with Crippen molar-refractivity contribution < 1.29 is 18.3 Å². The molecule has 0 saturated heterocycles. The molecule has 72 valence electrons. The molecule has 1 N–H and O–H groups in total. The lowest BCUT2D eigenvalue weighted by molar-refractivity contribution is -0.138. The van der Waals surface area contributed by atoms with Crippen LogP contribution in [0.5, 0.6) is 0 Å². The SMILES string of the molecule is OCc1c(I)cccc1C(F)(F)F. The molecule has 0 saturated carbocycles. The van der Waals surface area contributed by atoms with Crippen LogP contribution in [0.3, 0.4) is 0 Å². The summed E-state index contributed by atoms with van der Waals surface area (Å²) in [6.07, 6.45) is -4.39. The van der Waals surface area contributed by atoms with Crippen LogP contribution in [0.2, 0.25) is 0 Å². The van der Waals surface area contributed by atoms with E-state index in [1.807, 2.05) is 0 Å². The van der Waals surface area contributed by atoms with Crippen LogP contribution in [0.15, 0.2) is 18.2 Å². The van der Waals surface area contributed by atoms with Crippen LogP contribution in [0.25, 0.3) is 0 Å². The van der Waals surface area contributed by atoms with Gasteiger partial charge in [0, 0.05) is 9.13 Å². The van der Waals surface area contributed by atoms with Crippen molar-refractivity contribution in [3.05, 3.63) is 32.9 Å². The van der Waals surface area contributed by atoms with E-state index in [0.717, 1.165) is 6.07 Å². The summed E-state index contributed by atoms with van der Waals surface area (Å²) >= 11 is 1.77. The number of aliphatic hydroxyl groups is 1. The van der Waals surface area contributed by atoms with Gasteiger partial charge >= 0.3 is 6.18 Å². The van der Waals surface area contributed by atoms with Gasteiger partial charge in [-0.15, -0.1) is 0 Å². The lowest BCUT2D eigenvalue weighted by Gasteiger charge is -2.12. The van der Waals surface area contributed by atoms with Gasteiger partial charge in [0.25, 0.3) is 0 Å². The Morgan fingerprint density at radius 3 is 2.31 bits per heavy atom. The first-order valence-corrected chi connectivity index (χ1v) is 4.50. The average Bonchev–Trinajstić information content (AvgIpc) is 2.02. The summed E-state index contributed by atoms with van der Waals surface area (Å²) in [6, 6.07) is 3.82. The third kappa shape index (κ3) is 2.34. The van der Waals surface area contributed by atoms with Crippen LogP contribution in [0, 0.1) is 3.57 Å². The predicted octanol–water partition coefficient (Wildman–Crippen LogP) is 2.80. The number of hydrogen-bond donors (Lipinski definition) is 1. The van der Waals surface area contributed by atoms with Gasteiger partial charge in [0.05, 0.1) is 12.2 Å². The van der Waals surface area contributed by atoms with Crippen LogP contribution in [-0.4, -0.2) is 5.11 Å². The lowest BCUT2D eigenvalue weighted by atomic mass is 10.1. The fraction of sp³-hybridized carbons (Fsp3) is 0.250. The van der Waals surface area contributed by atoms with Gasteiger partial charge in [-0.25, -0.2) is 0 Å². The van der Waals surface area contributed by atoms with Crippen molar-refractivity contribution in [1.82, 2.24) is 0 Å². The maximum atomic E-state index is 12.3. The van der Waals surface area contributed by atoms with Gasteiger partial charge in [-0.2, -0.15) is 13.2 Å². The largest absolute Gasteiger partial charge is 0.416 e. The molecule has 1 aromatic carbocycles. The zero-order chi connectivity index (χ0) is 10.1. The van der Waals surface area contributed by atoms with E-state index < -0.39 is 18.3 Å². The molecule has 0 atom stereocenters. The highest BCUT2D eigenvalue weighted by Crippen LogP contribution is 2.33. The van der Waals surface area contributed by atoms with Crippen LogP contribution >= 0.6 is 22.6 Å². The van der Waals surface area contributed by atoms with Crippen molar-refractivity contribution in [2.45, 2.75) is 12.8 Å².